The molecule has 1 heterocycles. The van der Waals surface area contributed by atoms with E-state index in [-0.39, 0.29) is 0 Å². The van der Waals surface area contributed by atoms with Crippen LogP contribution in [0.5, 0.6) is 0 Å². The number of aryl methyl sites for hydroxylation is 1. The maximum Gasteiger partial charge on any atom is 0.203 e. The number of methoxy groups -OCH3 is 1. The second-order valence-corrected chi connectivity index (χ2v) is 8.29. The second-order valence-electron chi connectivity index (χ2n) is 5.64. The highest BCUT2D eigenvalue weighted by atomic mass is 32.2. The van der Waals surface area contributed by atoms with Gasteiger partial charge in [0.2, 0.25) is 5.95 Å². The summed E-state index contributed by atoms with van der Waals surface area (Å²) in [5.41, 5.74) is 0.864. The van der Waals surface area contributed by atoms with E-state index in [1.807, 2.05) is 17.7 Å². The predicted octanol–water partition coefficient (Wildman–Crippen LogP) is 1.46. The fourth-order valence-corrected chi connectivity index (χ4v) is 2.13. The number of imidazole rings is 1. The molecule has 0 unspecified atom stereocenters. The van der Waals surface area contributed by atoms with Crippen molar-refractivity contribution in [3.63, 3.8) is 0 Å². The average Bonchev–Trinajstić information content (AvgIpc) is 2.63. The van der Waals surface area contributed by atoms with Crippen molar-refractivity contribution >= 4 is 15.8 Å². The van der Waals surface area contributed by atoms with E-state index in [4.69, 9.17) is 4.74 Å². The molecule has 0 bridgehead atoms. The maximum absolute atomic E-state index is 11.8. The molecule has 0 fully saturated rings. The first kappa shape index (κ1) is 17.0. The molecule has 6 nitrogen and oxygen atoms in total. The van der Waals surface area contributed by atoms with Crippen molar-refractivity contribution in [2.45, 2.75) is 38.5 Å². The summed E-state index contributed by atoms with van der Waals surface area (Å²) >= 11 is 0. The summed E-state index contributed by atoms with van der Waals surface area (Å²) in [6.07, 6.45) is 4.01. The molecule has 7 heteroatoms. The van der Waals surface area contributed by atoms with Crippen LogP contribution in [0.25, 0.3) is 0 Å². The Bertz CT molecular complexity index is 535. The van der Waals surface area contributed by atoms with E-state index in [9.17, 15) is 8.42 Å². The van der Waals surface area contributed by atoms with Crippen LogP contribution in [0.15, 0.2) is 6.20 Å². The van der Waals surface area contributed by atoms with Gasteiger partial charge in [0, 0.05) is 39.3 Å². The van der Waals surface area contributed by atoms with E-state index in [0.29, 0.717) is 19.1 Å². The van der Waals surface area contributed by atoms with Gasteiger partial charge < -0.3 is 14.6 Å². The zero-order valence-corrected chi connectivity index (χ0v) is 13.7. The van der Waals surface area contributed by atoms with Crippen molar-refractivity contribution < 1.29 is 13.2 Å². The van der Waals surface area contributed by atoms with Gasteiger partial charge in [-0.25, -0.2) is 13.4 Å². The number of ether oxygens (including phenoxy) is 1. The molecule has 0 aliphatic rings. The van der Waals surface area contributed by atoms with Gasteiger partial charge in [-0.2, -0.15) is 0 Å². The minimum Gasteiger partial charge on any atom is -0.385 e. The first-order valence-electron chi connectivity index (χ1n) is 6.63. The number of nitrogens with one attached hydrogen (secondary N) is 1. The summed E-state index contributed by atoms with van der Waals surface area (Å²) in [7, 11) is -1.47. The summed E-state index contributed by atoms with van der Waals surface area (Å²) < 4.78 is 29.6. The summed E-state index contributed by atoms with van der Waals surface area (Å²) in [6, 6.07) is 0. The van der Waals surface area contributed by atoms with Gasteiger partial charge in [0.05, 0.1) is 10.4 Å². The third kappa shape index (κ3) is 4.49. The number of hydrogen-bond acceptors (Lipinski definition) is 5. The highest BCUT2D eigenvalue weighted by Crippen LogP contribution is 2.21. The van der Waals surface area contributed by atoms with Gasteiger partial charge >= 0.3 is 0 Å². The largest absolute Gasteiger partial charge is 0.385 e. The van der Waals surface area contributed by atoms with Gasteiger partial charge in [0.15, 0.2) is 9.84 Å². The lowest BCUT2D eigenvalue weighted by molar-refractivity contribution is 0.197. The summed E-state index contributed by atoms with van der Waals surface area (Å²) in [4.78, 5) is 4.39. The average molecular weight is 303 g/mol. The third-order valence-corrected chi connectivity index (χ3v) is 5.40. The molecule has 0 aromatic carbocycles. The van der Waals surface area contributed by atoms with Crippen LogP contribution >= 0.6 is 0 Å². The third-order valence-electron chi connectivity index (χ3n) is 3.26. The van der Waals surface area contributed by atoms with E-state index < -0.39 is 14.6 Å². The molecule has 0 saturated carbocycles. The lowest BCUT2D eigenvalue weighted by atomic mass is 10.2. The fraction of sp³-hybridized carbons (Fsp3) is 0.769. The summed E-state index contributed by atoms with van der Waals surface area (Å²) in [5.74, 6) is 0.704. The molecule has 0 aliphatic heterocycles. The first-order valence-corrected chi connectivity index (χ1v) is 8.53. The minimum absolute atomic E-state index is 0.374. The molecule has 1 aromatic heterocycles. The van der Waals surface area contributed by atoms with E-state index in [1.54, 1.807) is 21.0 Å². The van der Waals surface area contributed by atoms with Gasteiger partial charge in [0.25, 0.3) is 0 Å². The Balaban J connectivity index is 2.80. The number of aromatic nitrogens is 2. The Hall–Kier alpha value is -1.08. The fourth-order valence-electron chi connectivity index (χ4n) is 1.75. The second kappa shape index (κ2) is 6.58. The molecule has 1 aromatic rings. The molecule has 116 valence electrons. The minimum atomic E-state index is -3.13. The van der Waals surface area contributed by atoms with Crippen molar-refractivity contribution in [3.8, 4) is 0 Å². The van der Waals surface area contributed by atoms with Crippen LogP contribution in [0, 0.1) is 6.92 Å². The predicted molar refractivity (Wildman–Crippen MR) is 80.9 cm³/mol. The zero-order chi connectivity index (χ0) is 15.4. The molecule has 0 atom stereocenters. The lowest BCUT2D eigenvalue weighted by Gasteiger charge is -2.24. The van der Waals surface area contributed by atoms with Crippen LogP contribution in [0.4, 0.5) is 5.95 Å². The topological polar surface area (TPSA) is 73.2 Å². The number of sulfone groups is 1. The van der Waals surface area contributed by atoms with Gasteiger partial charge in [-0.3, -0.25) is 0 Å². The quantitative estimate of drug-likeness (QED) is 0.736. The van der Waals surface area contributed by atoms with Crippen LogP contribution in [0.3, 0.4) is 0 Å². The molecule has 0 amide bonds. The Morgan fingerprint density at radius 1 is 1.45 bits per heavy atom. The molecule has 1 N–H and O–H groups in total. The molecule has 0 aliphatic carbocycles. The van der Waals surface area contributed by atoms with Gasteiger partial charge in [-0.1, -0.05) is 0 Å². The molecular formula is C13H25N3O3S. The lowest BCUT2D eigenvalue weighted by Crippen LogP contribution is -2.36. The number of anilines is 1. The van der Waals surface area contributed by atoms with Crippen molar-refractivity contribution in [1.29, 1.82) is 0 Å². The van der Waals surface area contributed by atoms with Crippen molar-refractivity contribution in [1.82, 2.24) is 9.55 Å². The molecule has 0 saturated heterocycles. The SMILES string of the molecule is COCCCNc1nc(C)cn1CC(C)(C)S(C)(=O)=O. The van der Waals surface area contributed by atoms with Crippen molar-refractivity contribution in [2.24, 2.45) is 0 Å². The van der Waals surface area contributed by atoms with Crippen LogP contribution < -0.4 is 5.32 Å². The Morgan fingerprint density at radius 3 is 2.65 bits per heavy atom. The van der Waals surface area contributed by atoms with Gasteiger partial charge in [-0.05, 0) is 27.2 Å². The Labute approximate surface area is 121 Å². The van der Waals surface area contributed by atoms with E-state index in [1.165, 1.54) is 6.26 Å². The van der Waals surface area contributed by atoms with E-state index >= 15 is 0 Å². The molecule has 0 spiro atoms. The zero-order valence-electron chi connectivity index (χ0n) is 12.9. The Kier molecular flexibility index (Phi) is 5.59. The highest BCUT2D eigenvalue weighted by molar-refractivity contribution is 7.92. The van der Waals surface area contributed by atoms with E-state index in [2.05, 4.69) is 10.3 Å². The maximum atomic E-state index is 11.8. The smallest absolute Gasteiger partial charge is 0.203 e. The monoisotopic (exact) mass is 303 g/mol. The summed E-state index contributed by atoms with van der Waals surface area (Å²) in [5, 5.41) is 3.22. The van der Waals surface area contributed by atoms with Crippen molar-refractivity contribution in [3.05, 3.63) is 11.9 Å². The molecule has 1 rings (SSSR count). The number of rotatable bonds is 8. The van der Waals surface area contributed by atoms with Crippen LogP contribution in [0.2, 0.25) is 0 Å². The molecule has 0 radical (unpaired) electrons. The molecular weight excluding hydrogens is 278 g/mol. The van der Waals surface area contributed by atoms with Crippen LogP contribution in [-0.2, 0) is 21.1 Å². The van der Waals surface area contributed by atoms with Crippen LogP contribution in [0.1, 0.15) is 26.0 Å². The number of hydrogen-bond donors (Lipinski definition) is 1. The Morgan fingerprint density at radius 2 is 2.10 bits per heavy atom. The highest BCUT2D eigenvalue weighted by Gasteiger charge is 2.31. The van der Waals surface area contributed by atoms with Gasteiger partial charge in [-0.15, -0.1) is 0 Å². The van der Waals surface area contributed by atoms with Crippen molar-refractivity contribution in [2.75, 3.05) is 31.8 Å². The van der Waals surface area contributed by atoms with E-state index in [0.717, 1.165) is 18.7 Å². The van der Waals surface area contributed by atoms with Crippen LogP contribution in [-0.4, -0.2) is 49.2 Å². The first-order chi connectivity index (χ1) is 9.17. The van der Waals surface area contributed by atoms with Gasteiger partial charge in [0.1, 0.15) is 0 Å². The number of nitrogens with zero attached hydrogens (tertiary/aromatic N) is 2. The summed E-state index contributed by atoms with van der Waals surface area (Å²) in [6.45, 7) is 7.15. The standard InChI is InChI=1S/C13H25N3O3S/c1-11-9-16(10-13(2,3)20(5,17)18)12(15-11)14-7-6-8-19-4/h9H,6-8,10H2,1-5H3,(H,14,15). The normalized spacial score (nSPS) is 12.7. The molecule has 20 heavy (non-hydrogen) atoms.